The van der Waals surface area contributed by atoms with E-state index in [0.717, 1.165) is 10.8 Å². The summed E-state index contributed by atoms with van der Waals surface area (Å²) in [6, 6.07) is 14.9. The molecule has 0 radical (unpaired) electrons. The van der Waals surface area contributed by atoms with Crippen LogP contribution in [0.2, 0.25) is 0 Å². The van der Waals surface area contributed by atoms with Gasteiger partial charge >= 0.3 is 0 Å². The van der Waals surface area contributed by atoms with Crippen molar-refractivity contribution in [1.82, 2.24) is 4.98 Å². The van der Waals surface area contributed by atoms with Crippen LogP contribution in [0.4, 0.5) is 0 Å². The second kappa shape index (κ2) is 5.75. The van der Waals surface area contributed by atoms with Crippen molar-refractivity contribution in [3.63, 3.8) is 0 Å². The Morgan fingerprint density at radius 1 is 1.05 bits per heavy atom. The number of carbonyl (C=O) groups excluding carboxylic acids is 1. The number of aromatic nitrogens is 1. The predicted molar refractivity (Wildman–Crippen MR) is 82.8 cm³/mol. The van der Waals surface area contributed by atoms with Gasteiger partial charge in [0.2, 0.25) is 0 Å². The van der Waals surface area contributed by atoms with E-state index in [-0.39, 0.29) is 5.78 Å². The van der Waals surface area contributed by atoms with Gasteiger partial charge in [-0.25, -0.2) is 0 Å². The largest absolute Gasteiger partial charge is 0.493 e. The smallest absolute Gasteiger partial charge is 0.197 e. The third-order valence-electron chi connectivity index (χ3n) is 3.36. The van der Waals surface area contributed by atoms with Crippen LogP contribution in [-0.4, -0.2) is 17.4 Å². The van der Waals surface area contributed by atoms with Gasteiger partial charge < -0.3 is 4.74 Å². The number of ether oxygens (including phenoxy) is 1. The average molecular weight is 277 g/mol. The van der Waals surface area contributed by atoms with Crippen LogP contribution in [0.5, 0.6) is 5.75 Å². The summed E-state index contributed by atoms with van der Waals surface area (Å²) in [7, 11) is 0. The molecule has 0 aliphatic heterocycles. The fraction of sp³-hybridized carbons (Fsp3) is 0.111. The predicted octanol–water partition coefficient (Wildman–Crippen LogP) is 3.86. The lowest BCUT2D eigenvalue weighted by Crippen LogP contribution is -2.06. The first-order chi connectivity index (χ1) is 10.3. The van der Waals surface area contributed by atoms with Crippen molar-refractivity contribution >= 4 is 16.6 Å². The lowest BCUT2D eigenvalue weighted by molar-refractivity contribution is 0.103. The maximum absolute atomic E-state index is 12.8. The van der Waals surface area contributed by atoms with Gasteiger partial charge in [0.15, 0.2) is 5.78 Å². The van der Waals surface area contributed by atoms with Crippen molar-refractivity contribution in [1.29, 1.82) is 0 Å². The molecule has 3 rings (SSSR count). The summed E-state index contributed by atoms with van der Waals surface area (Å²) in [6.45, 7) is 2.43. The highest BCUT2D eigenvalue weighted by molar-refractivity contribution is 6.17. The molecule has 3 aromatic rings. The molecule has 0 N–H and O–H groups in total. The molecule has 0 spiro atoms. The van der Waals surface area contributed by atoms with Crippen molar-refractivity contribution in [3.8, 4) is 5.75 Å². The number of rotatable bonds is 4. The van der Waals surface area contributed by atoms with E-state index in [4.69, 9.17) is 4.74 Å². The van der Waals surface area contributed by atoms with Gasteiger partial charge in [0.1, 0.15) is 5.75 Å². The highest BCUT2D eigenvalue weighted by Crippen LogP contribution is 2.25. The second-order valence-electron chi connectivity index (χ2n) is 4.66. The van der Waals surface area contributed by atoms with Crippen LogP contribution < -0.4 is 4.74 Å². The number of pyridine rings is 1. The Labute approximate surface area is 123 Å². The fourth-order valence-corrected chi connectivity index (χ4v) is 2.39. The summed E-state index contributed by atoms with van der Waals surface area (Å²) < 4.78 is 5.56. The number of hydrogen-bond donors (Lipinski definition) is 0. The molecule has 0 saturated heterocycles. The maximum Gasteiger partial charge on any atom is 0.197 e. The molecule has 0 aliphatic carbocycles. The van der Waals surface area contributed by atoms with Gasteiger partial charge in [0.25, 0.3) is 0 Å². The lowest BCUT2D eigenvalue weighted by Gasteiger charge is -2.10. The number of hydrogen-bond acceptors (Lipinski definition) is 3. The summed E-state index contributed by atoms with van der Waals surface area (Å²) in [5.41, 5.74) is 1.23. The van der Waals surface area contributed by atoms with E-state index in [1.54, 1.807) is 18.5 Å². The number of ketones is 1. The maximum atomic E-state index is 12.8. The van der Waals surface area contributed by atoms with Gasteiger partial charge in [-0.1, -0.05) is 30.3 Å². The van der Waals surface area contributed by atoms with Crippen LogP contribution in [0.25, 0.3) is 10.8 Å². The van der Waals surface area contributed by atoms with E-state index in [0.29, 0.717) is 23.5 Å². The van der Waals surface area contributed by atoms with Crippen LogP contribution in [0, 0.1) is 0 Å². The number of nitrogens with zero attached hydrogens (tertiary/aromatic N) is 1. The minimum atomic E-state index is -0.0438. The zero-order valence-electron chi connectivity index (χ0n) is 11.7. The first-order valence-electron chi connectivity index (χ1n) is 6.90. The number of fused-ring (bicyclic) bond motifs is 1. The fourth-order valence-electron chi connectivity index (χ4n) is 2.39. The Bertz CT molecular complexity index is 791. The molecule has 1 heterocycles. The van der Waals surface area contributed by atoms with Crippen LogP contribution >= 0.6 is 0 Å². The van der Waals surface area contributed by atoms with Crippen LogP contribution in [0.1, 0.15) is 22.8 Å². The number of carbonyl (C=O) groups is 1. The molecule has 1 aromatic heterocycles. The molecule has 0 aliphatic rings. The molecule has 2 aromatic carbocycles. The molecule has 0 bridgehead atoms. The van der Waals surface area contributed by atoms with E-state index in [1.165, 1.54) is 0 Å². The van der Waals surface area contributed by atoms with Gasteiger partial charge in [-0.3, -0.25) is 9.78 Å². The Morgan fingerprint density at radius 2 is 1.86 bits per heavy atom. The molecular weight excluding hydrogens is 262 g/mol. The van der Waals surface area contributed by atoms with E-state index in [2.05, 4.69) is 4.98 Å². The second-order valence-corrected chi connectivity index (χ2v) is 4.66. The molecule has 0 amide bonds. The standard InChI is InChI=1S/C18H15NO2/c1-2-21-17-9-4-3-7-15(17)18(20)14-8-5-6-13-10-11-19-12-16(13)14/h3-12H,2H2,1H3. The third-order valence-corrected chi connectivity index (χ3v) is 3.36. The molecular formula is C18H15NO2. The van der Waals surface area contributed by atoms with Crippen LogP contribution in [0.15, 0.2) is 60.9 Å². The Morgan fingerprint density at radius 3 is 2.71 bits per heavy atom. The molecule has 21 heavy (non-hydrogen) atoms. The van der Waals surface area contributed by atoms with Crippen molar-refractivity contribution < 1.29 is 9.53 Å². The first kappa shape index (κ1) is 13.3. The van der Waals surface area contributed by atoms with E-state index in [9.17, 15) is 4.79 Å². The third kappa shape index (κ3) is 2.50. The summed E-state index contributed by atoms with van der Waals surface area (Å²) >= 11 is 0. The number of benzene rings is 2. The molecule has 3 heteroatoms. The Hall–Kier alpha value is -2.68. The minimum Gasteiger partial charge on any atom is -0.493 e. The van der Waals surface area contributed by atoms with Crippen LogP contribution in [-0.2, 0) is 0 Å². The average Bonchev–Trinajstić information content (AvgIpc) is 2.54. The van der Waals surface area contributed by atoms with Crippen molar-refractivity contribution in [2.75, 3.05) is 6.61 Å². The molecule has 0 unspecified atom stereocenters. The SMILES string of the molecule is CCOc1ccccc1C(=O)c1cccc2ccncc12. The van der Waals surface area contributed by atoms with Crippen molar-refractivity contribution in [2.24, 2.45) is 0 Å². The quantitative estimate of drug-likeness (QED) is 0.680. The highest BCUT2D eigenvalue weighted by Gasteiger charge is 2.16. The summed E-state index contributed by atoms with van der Waals surface area (Å²) in [5.74, 6) is 0.573. The van der Waals surface area contributed by atoms with Gasteiger partial charge in [-0.15, -0.1) is 0 Å². The zero-order chi connectivity index (χ0) is 14.7. The Kier molecular flexibility index (Phi) is 3.65. The summed E-state index contributed by atoms with van der Waals surface area (Å²) in [5, 5.41) is 1.86. The molecule has 0 fully saturated rings. The highest BCUT2D eigenvalue weighted by atomic mass is 16.5. The summed E-state index contributed by atoms with van der Waals surface area (Å²) in [4.78, 5) is 17.0. The van der Waals surface area contributed by atoms with E-state index < -0.39 is 0 Å². The topological polar surface area (TPSA) is 39.2 Å². The van der Waals surface area contributed by atoms with Crippen LogP contribution in [0.3, 0.4) is 0 Å². The zero-order valence-corrected chi connectivity index (χ0v) is 11.7. The molecule has 0 saturated carbocycles. The molecule has 3 nitrogen and oxygen atoms in total. The normalized spacial score (nSPS) is 10.5. The lowest BCUT2D eigenvalue weighted by atomic mass is 9.98. The first-order valence-corrected chi connectivity index (χ1v) is 6.90. The Balaban J connectivity index is 2.13. The van der Waals surface area contributed by atoms with Crippen molar-refractivity contribution in [3.05, 3.63) is 72.1 Å². The van der Waals surface area contributed by atoms with Gasteiger partial charge in [-0.2, -0.15) is 0 Å². The summed E-state index contributed by atoms with van der Waals surface area (Å²) in [6.07, 6.45) is 3.45. The monoisotopic (exact) mass is 277 g/mol. The van der Waals surface area contributed by atoms with Gasteiger partial charge in [-0.05, 0) is 30.5 Å². The minimum absolute atomic E-state index is 0.0438. The number of para-hydroxylation sites is 1. The van der Waals surface area contributed by atoms with E-state index >= 15 is 0 Å². The van der Waals surface area contributed by atoms with Gasteiger partial charge in [0, 0.05) is 23.3 Å². The molecule has 0 atom stereocenters. The van der Waals surface area contributed by atoms with Gasteiger partial charge in [0.05, 0.1) is 12.2 Å². The van der Waals surface area contributed by atoms with E-state index in [1.807, 2.05) is 49.4 Å². The molecule has 104 valence electrons. The van der Waals surface area contributed by atoms with Crippen molar-refractivity contribution in [2.45, 2.75) is 6.92 Å².